The highest BCUT2D eigenvalue weighted by Gasteiger charge is 2.45. The molecule has 2 fully saturated rings. The molecule has 2 N–H and O–H groups in total. The molecule has 1 amide bonds. The molecule has 0 bridgehead atoms. The number of quaternary nitrogens is 1. The molecule has 2 aliphatic rings. The Balaban J connectivity index is 1.75. The molecule has 2 unspecified atom stereocenters. The zero-order chi connectivity index (χ0) is 26.1. The lowest BCUT2D eigenvalue weighted by Gasteiger charge is -2.50. The van der Waals surface area contributed by atoms with Crippen molar-refractivity contribution in [2.45, 2.75) is 51.0 Å². The van der Waals surface area contributed by atoms with Crippen LogP contribution in [0.5, 0.6) is 0 Å². The number of anilines is 1. The van der Waals surface area contributed by atoms with Crippen LogP contribution in [-0.2, 0) is 12.4 Å². The lowest BCUT2D eigenvalue weighted by molar-refractivity contribution is -0.138. The number of likely N-dealkylation sites (tertiary alicyclic amines) is 1. The molecule has 2 atom stereocenters. The first kappa shape index (κ1) is 26.5. The number of amides is 1. The minimum Gasteiger partial charge on any atom is -0.322 e. The number of carbonyl (C=O) groups is 1. The second kappa shape index (κ2) is 10.0. The molecule has 2 heterocycles. The number of carbonyl (C=O) groups excluding carboxylic acids is 1. The van der Waals surface area contributed by atoms with Crippen LogP contribution in [-0.4, -0.2) is 38.1 Å². The highest BCUT2D eigenvalue weighted by atomic mass is 19.4. The van der Waals surface area contributed by atoms with E-state index in [1.54, 1.807) is 0 Å². The van der Waals surface area contributed by atoms with Crippen LogP contribution in [0.25, 0.3) is 0 Å². The molecule has 0 aliphatic carbocycles. The van der Waals surface area contributed by atoms with E-state index in [9.17, 15) is 31.1 Å². The van der Waals surface area contributed by atoms with Gasteiger partial charge in [-0.05, 0) is 37.1 Å². The van der Waals surface area contributed by atoms with Crippen molar-refractivity contribution in [1.82, 2.24) is 9.80 Å². The summed E-state index contributed by atoms with van der Waals surface area (Å²) < 4.78 is 81.5. The Hall–Kier alpha value is -2.59. The Morgan fingerprint density at radius 1 is 0.944 bits per heavy atom. The topological polar surface area (TPSA) is 41.1 Å². The molecule has 10 heteroatoms. The van der Waals surface area contributed by atoms with Gasteiger partial charge in [0.1, 0.15) is 5.69 Å². The first-order chi connectivity index (χ1) is 16.9. The van der Waals surface area contributed by atoms with E-state index in [0.29, 0.717) is 29.2 Å². The fourth-order valence-corrected chi connectivity index (χ4v) is 5.68. The number of piperidine rings is 2. The van der Waals surface area contributed by atoms with Gasteiger partial charge < -0.3 is 10.6 Å². The molecule has 0 spiro atoms. The van der Waals surface area contributed by atoms with Crippen molar-refractivity contribution in [2.24, 2.45) is 5.92 Å². The summed E-state index contributed by atoms with van der Waals surface area (Å²) in [5.41, 5.74) is -1.80. The molecule has 4 nitrogen and oxygen atoms in total. The van der Waals surface area contributed by atoms with Gasteiger partial charge in [0.05, 0.1) is 30.3 Å². The molecule has 196 valence electrons. The summed E-state index contributed by atoms with van der Waals surface area (Å²) in [5.74, 6) is -0.569. The number of rotatable bonds is 4. The lowest BCUT2D eigenvalue weighted by Crippen LogP contribution is -2.63. The number of hydrogen-bond donors (Lipinski definition) is 2. The van der Waals surface area contributed by atoms with Crippen molar-refractivity contribution < 1.29 is 31.1 Å². The Labute approximate surface area is 206 Å². The van der Waals surface area contributed by atoms with E-state index in [4.69, 9.17) is 0 Å². The first-order valence-electron chi connectivity index (χ1n) is 12.2. The quantitative estimate of drug-likeness (QED) is 0.363. The SMILES string of the molecule is CC1CCC[N+](c2cc(C(=O)Nc3cccc(C(F)(F)F)c3)cc(C(F)(F)F)c2)(C2CCNCC2)C1. The van der Waals surface area contributed by atoms with Crippen molar-refractivity contribution in [3.05, 3.63) is 59.2 Å². The Morgan fingerprint density at radius 2 is 1.64 bits per heavy atom. The lowest BCUT2D eigenvalue weighted by atomic mass is 9.89. The summed E-state index contributed by atoms with van der Waals surface area (Å²) in [6, 6.07) is 7.60. The van der Waals surface area contributed by atoms with Crippen molar-refractivity contribution in [1.29, 1.82) is 0 Å². The summed E-state index contributed by atoms with van der Waals surface area (Å²) in [5, 5.41) is 5.66. The van der Waals surface area contributed by atoms with Crippen LogP contribution in [0.1, 0.15) is 54.1 Å². The van der Waals surface area contributed by atoms with Crippen LogP contribution >= 0.6 is 0 Å². The van der Waals surface area contributed by atoms with E-state index < -0.39 is 29.4 Å². The zero-order valence-corrected chi connectivity index (χ0v) is 20.0. The van der Waals surface area contributed by atoms with Crippen molar-refractivity contribution >= 4 is 17.3 Å². The van der Waals surface area contributed by atoms with Crippen LogP contribution in [0, 0.1) is 5.92 Å². The van der Waals surface area contributed by atoms with Crippen LogP contribution in [0.15, 0.2) is 42.5 Å². The van der Waals surface area contributed by atoms with E-state index >= 15 is 0 Å². The highest BCUT2D eigenvalue weighted by Crippen LogP contribution is 2.41. The number of alkyl halides is 6. The summed E-state index contributed by atoms with van der Waals surface area (Å²) in [4.78, 5) is 13.1. The standard InChI is InChI=1S/C26H29F6N3O/c1-17-4-3-11-35(16-17,22-7-9-33-10-8-22)23-13-18(12-20(15-23)26(30,31)32)24(36)34-21-6-2-5-19(14-21)25(27,28)29/h2,5-6,12-15,17,22,33H,3-4,7-11,16H2,1H3/p+1. The van der Waals surface area contributed by atoms with Crippen LogP contribution in [0.4, 0.5) is 37.7 Å². The third kappa shape index (κ3) is 5.70. The average Bonchev–Trinajstić information content (AvgIpc) is 2.83. The van der Waals surface area contributed by atoms with Gasteiger partial charge in [-0.15, -0.1) is 0 Å². The van der Waals surface area contributed by atoms with E-state index in [2.05, 4.69) is 17.6 Å². The van der Waals surface area contributed by atoms with Gasteiger partial charge in [-0.2, -0.15) is 26.3 Å². The maximum atomic E-state index is 14.0. The monoisotopic (exact) mass is 514 g/mol. The molecule has 0 radical (unpaired) electrons. The minimum absolute atomic E-state index is 0.122. The summed E-state index contributed by atoms with van der Waals surface area (Å²) in [7, 11) is 0. The molecule has 2 aromatic carbocycles. The van der Waals surface area contributed by atoms with E-state index in [1.165, 1.54) is 12.1 Å². The molecular formula is C26H30F6N3O+. The fourth-order valence-electron chi connectivity index (χ4n) is 5.68. The maximum absolute atomic E-state index is 14.0. The van der Waals surface area contributed by atoms with Crippen molar-refractivity contribution in [2.75, 3.05) is 31.5 Å². The third-order valence-electron chi connectivity index (χ3n) is 7.37. The molecule has 2 saturated heterocycles. The van der Waals surface area contributed by atoms with Crippen molar-refractivity contribution in [3.8, 4) is 0 Å². The van der Waals surface area contributed by atoms with Gasteiger partial charge in [0, 0.05) is 55.2 Å². The molecule has 36 heavy (non-hydrogen) atoms. The zero-order valence-electron chi connectivity index (χ0n) is 20.0. The van der Waals surface area contributed by atoms with E-state index in [1.807, 2.05) is 0 Å². The third-order valence-corrected chi connectivity index (χ3v) is 7.37. The van der Waals surface area contributed by atoms with Gasteiger partial charge in [0.15, 0.2) is 0 Å². The molecule has 0 aromatic heterocycles. The summed E-state index contributed by atoms with van der Waals surface area (Å²) in [6.45, 7) is 5.02. The average molecular weight is 515 g/mol. The minimum atomic E-state index is -4.68. The first-order valence-corrected chi connectivity index (χ1v) is 12.2. The Kier molecular flexibility index (Phi) is 7.39. The fraction of sp³-hybridized carbons (Fsp3) is 0.500. The smallest absolute Gasteiger partial charge is 0.322 e. The van der Waals surface area contributed by atoms with Crippen molar-refractivity contribution in [3.63, 3.8) is 0 Å². The van der Waals surface area contributed by atoms with Gasteiger partial charge in [-0.25, -0.2) is 0 Å². The van der Waals surface area contributed by atoms with Gasteiger partial charge in [-0.1, -0.05) is 13.0 Å². The van der Waals surface area contributed by atoms with E-state index in [0.717, 1.165) is 69.1 Å². The molecule has 4 rings (SSSR count). The molecule has 0 saturated carbocycles. The number of benzene rings is 2. The predicted molar refractivity (Wildman–Crippen MR) is 127 cm³/mol. The van der Waals surface area contributed by atoms with E-state index in [-0.39, 0.29) is 17.3 Å². The number of nitrogens with one attached hydrogen (secondary N) is 2. The molecular weight excluding hydrogens is 484 g/mol. The van der Waals surface area contributed by atoms with Crippen LogP contribution < -0.4 is 15.1 Å². The Bertz CT molecular complexity index is 1090. The predicted octanol–water partition coefficient (Wildman–Crippen LogP) is 6.47. The number of nitrogens with zero attached hydrogens (tertiary/aromatic N) is 1. The second-order valence-electron chi connectivity index (χ2n) is 9.97. The van der Waals surface area contributed by atoms with Gasteiger partial charge in [0.25, 0.3) is 5.91 Å². The molecule has 2 aromatic rings. The molecule has 2 aliphatic heterocycles. The number of halogens is 6. The second-order valence-corrected chi connectivity index (χ2v) is 9.97. The summed E-state index contributed by atoms with van der Waals surface area (Å²) in [6.07, 6.45) is -5.80. The van der Waals surface area contributed by atoms with Crippen LogP contribution in [0.2, 0.25) is 0 Å². The number of hydrogen-bond acceptors (Lipinski definition) is 2. The Morgan fingerprint density at radius 3 is 2.28 bits per heavy atom. The van der Waals surface area contributed by atoms with Gasteiger partial charge in [0.2, 0.25) is 0 Å². The largest absolute Gasteiger partial charge is 0.416 e. The summed E-state index contributed by atoms with van der Waals surface area (Å²) >= 11 is 0. The van der Waals surface area contributed by atoms with Gasteiger partial charge in [-0.3, -0.25) is 9.28 Å². The normalized spacial score (nSPS) is 23.9. The van der Waals surface area contributed by atoms with Gasteiger partial charge >= 0.3 is 12.4 Å². The maximum Gasteiger partial charge on any atom is 0.416 e. The highest BCUT2D eigenvalue weighted by molar-refractivity contribution is 6.05. The van der Waals surface area contributed by atoms with Crippen LogP contribution in [0.3, 0.4) is 0 Å².